The number of nitrogens with zero attached hydrogens (tertiary/aromatic N) is 1. The van der Waals surface area contributed by atoms with Crippen LogP contribution in [0.4, 0.5) is 5.13 Å². The van der Waals surface area contributed by atoms with Gasteiger partial charge in [0, 0.05) is 5.54 Å². The van der Waals surface area contributed by atoms with Gasteiger partial charge in [-0.1, -0.05) is 30.2 Å². The third-order valence-electron chi connectivity index (χ3n) is 4.34. The maximum absolute atomic E-state index is 12.5. The van der Waals surface area contributed by atoms with Gasteiger partial charge in [0.25, 0.3) is 0 Å². The molecule has 1 aliphatic rings. The van der Waals surface area contributed by atoms with Gasteiger partial charge in [-0.2, -0.15) is 0 Å². The predicted octanol–water partition coefficient (Wildman–Crippen LogP) is 3.45. The number of fused-ring (bicyclic) bond motifs is 1. The minimum atomic E-state index is -0.407. The predicted molar refractivity (Wildman–Crippen MR) is 87.5 cm³/mol. The minimum absolute atomic E-state index is 0.00970. The average Bonchev–Trinajstić information content (AvgIpc) is 2.79. The number of hydrogen-bond donors (Lipinski definition) is 2. The van der Waals surface area contributed by atoms with Crippen LogP contribution in [0, 0.1) is 12.8 Å². The van der Waals surface area contributed by atoms with Gasteiger partial charge in [0.15, 0.2) is 5.13 Å². The van der Waals surface area contributed by atoms with Crippen molar-refractivity contribution in [2.24, 2.45) is 11.7 Å². The Morgan fingerprint density at radius 3 is 3.05 bits per heavy atom. The summed E-state index contributed by atoms with van der Waals surface area (Å²) in [5.74, 6) is -0.115. The van der Waals surface area contributed by atoms with Crippen LogP contribution in [0.25, 0.3) is 10.2 Å². The van der Waals surface area contributed by atoms with Crippen molar-refractivity contribution in [1.82, 2.24) is 4.98 Å². The van der Waals surface area contributed by atoms with Gasteiger partial charge in [-0.3, -0.25) is 4.79 Å². The Kier molecular flexibility index (Phi) is 3.71. The number of nitrogens with two attached hydrogens (primary N) is 1. The molecule has 0 saturated heterocycles. The molecule has 0 radical (unpaired) electrons. The number of rotatable bonds is 2. The van der Waals surface area contributed by atoms with Crippen molar-refractivity contribution in [3.63, 3.8) is 0 Å². The van der Waals surface area contributed by atoms with Gasteiger partial charge < -0.3 is 11.1 Å². The van der Waals surface area contributed by atoms with Crippen LogP contribution in [0.3, 0.4) is 0 Å². The SMILES string of the molecule is Cc1ccc2nc(NC(=O)C3CCCCC3(C)N)sc2c1. The Balaban J connectivity index is 1.79. The quantitative estimate of drug-likeness (QED) is 0.893. The van der Waals surface area contributed by atoms with Crippen molar-refractivity contribution in [1.29, 1.82) is 0 Å². The second-order valence-electron chi connectivity index (χ2n) is 6.28. The highest BCUT2D eigenvalue weighted by Crippen LogP contribution is 2.33. The summed E-state index contributed by atoms with van der Waals surface area (Å²) >= 11 is 1.52. The third-order valence-corrected chi connectivity index (χ3v) is 5.28. The number of amides is 1. The Morgan fingerprint density at radius 1 is 1.48 bits per heavy atom. The summed E-state index contributed by atoms with van der Waals surface area (Å²) in [6, 6.07) is 6.12. The van der Waals surface area contributed by atoms with Crippen molar-refractivity contribution in [2.45, 2.75) is 45.1 Å². The summed E-state index contributed by atoms with van der Waals surface area (Å²) in [5.41, 5.74) is 8.02. The van der Waals surface area contributed by atoms with Gasteiger partial charge in [0.05, 0.1) is 16.1 Å². The molecule has 0 spiro atoms. The number of hydrogen-bond acceptors (Lipinski definition) is 4. The second-order valence-corrected chi connectivity index (χ2v) is 7.31. The fourth-order valence-corrected chi connectivity index (χ4v) is 4.03. The number of aryl methyl sites for hydroxylation is 1. The first-order valence-corrected chi connectivity index (χ1v) is 8.24. The van der Waals surface area contributed by atoms with Crippen LogP contribution in [0.15, 0.2) is 18.2 Å². The van der Waals surface area contributed by atoms with Crippen molar-refractivity contribution in [3.8, 4) is 0 Å². The Labute approximate surface area is 128 Å². The molecule has 1 aromatic heterocycles. The molecule has 1 aliphatic carbocycles. The molecule has 1 saturated carbocycles. The molecule has 0 bridgehead atoms. The molecule has 21 heavy (non-hydrogen) atoms. The highest BCUT2D eigenvalue weighted by Gasteiger charge is 2.38. The van der Waals surface area contributed by atoms with E-state index in [2.05, 4.69) is 23.3 Å². The number of thiazole rings is 1. The monoisotopic (exact) mass is 303 g/mol. The number of anilines is 1. The maximum Gasteiger partial charge on any atom is 0.231 e. The lowest BCUT2D eigenvalue weighted by molar-refractivity contribution is -0.122. The van der Waals surface area contributed by atoms with Gasteiger partial charge in [-0.15, -0.1) is 0 Å². The van der Waals surface area contributed by atoms with E-state index >= 15 is 0 Å². The van der Waals surface area contributed by atoms with Crippen molar-refractivity contribution in [2.75, 3.05) is 5.32 Å². The first-order chi connectivity index (χ1) is 9.95. The van der Waals surface area contributed by atoms with Gasteiger partial charge in [-0.25, -0.2) is 4.98 Å². The van der Waals surface area contributed by atoms with E-state index in [4.69, 9.17) is 5.73 Å². The van der Waals surface area contributed by atoms with Gasteiger partial charge in [-0.05, 0) is 44.4 Å². The molecule has 2 atom stereocenters. The lowest BCUT2D eigenvalue weighted by Crippen LogP contribution is -2.51. The fourth-order valence-electron chi connectivity index (χ4n) is 3.07. The Hall–Kier alpha value is -1.46. The van der Waals surface area contributed by atoms with Crippen LogP contribution in [0.1, 0.15) is 38.2 Å². The van der Waals surface area contributed by atoms with E-state index < -0.39 is 5.54 Å². The lowest BCUT2D eigenvalue weighted by atomic mass is 9.74. The van der Waals surface area contributed by atoms with Crippen molar-refractivity contribution in [3.05, 3.63) is 23.8 Å². The molecule has 3 rings (SSSR count). The summed E-state index contributed by atoms with van der Waals surface area (Å²) < 4.78 is 1.10. The van der Waals surface area contributed by atoms with Gasteiger partial charge in [0.1, 0.15) is 0 Å². The summed E-state index contributed by atoms with van der Waals surface area (Å²) in [5, 5.41) is 3.63. The molecule has 4 nitrogen and oxygen atoms in total. The van der Waals surface area contributed by atoms with Gasteiger partial charge in [0.2, 0.25) is 5.91 Å². The summed E-state index contributed by atoms with van der Waals surface area (Å²) in [4.78, 5) is 17.0. The van der Waals surface area contributed by atoms with Crippen LogP contribution < -0.4 is 11.1 Å². The molecular formula is C16H21N3OS. The number of aromatic nitrogens is 1. The zero-order valence-corrected chi connectivity index (χ0v) is 13.3. The zero-order chi connectivity index (χ0) is 15.0. The van der Waals surface area contributed by atoms with Crippen LogP contribution in [-0.4, -0.2) is 16.4 Å². The van der Waals surface area contributed by atoms with Crippen LogP contribution in [0.2, 0.25) is 0 Å². The standard InChI is InChI=1S/C16H21N3OS/c1-10-6-7-12-13(9-10)21-15(18-12)19-14(20)11-5-3-4-8-16(11,2)17/h6-7,9,11H,3-5,8,17H2,1-2H3,(H,18,19,20). The summed E-state index contributed by atoms with van der Waals surface area (Å²) in [7, 11) is 0. The summed E-state index contributed by atoms with van der Waals surface area (Å²) in [6.45, 7) is 4.04. The van der Waals surface area contributed by atoms with E-state index in [1.165, 1.54) is 16.9 Å². The molecule has 1 aromatic carbocycles. The number of carbonyl (C=O) groups is 1. The van der Waals surface area contributed by atoms with Crippen LogP contribution in [0.5, 0.6) is 0 Å². The van der Waals surface area contributed by atoms with E-state index in [-0.39, 0.29) is 11.8 Å². The Bertz CT molecular complexity index is 677. The van der Waals surface area contributed by atoms with E-state index in [0.29, 0.717) is 5.13 Å². The molecule has 5 heteroatoms. The van der Waals surface area contributed by atoms with Gasteiger partial charge >= 0.3 is 0 Å². The second kappa shape index (κ2) is 5.39. The number of carbonyl (C=O) groups excluding carboxylic acids is 1. The fraction of sp³-hybridized carbons (Fsp3) is 0.500. The molecule has 1 fully saturated rings. The first kappa shape index (κ1) is 14.5. The van der Waals surface area contributed by atoms with E-state index in [1.807, 2.05) is 19.1 Å². The molecule has 3 N–H and O–H groups in total. The number of benzene rings is 1. The van der Waals surface area contributed by atoms with Crippen LogP contribution in [-0.2, 0) is 4.79 Å². The topological polar surface area (TPSA) is 68.0 Å². The Morgan fingerprint density at radius 2 is 2.29 bits per heavy atom. The van der Waals surface area contributed by atoms with E-state index in [0.717, 1.165) is 35.9 Å². The smallest absolute Gasteiger partial charge is 0.231 e. The van der Waals surface area contributed by atoms with Crippen molar-refractivity contribution < 1.29 is 4.79 Å². The molecule has 2 unspecified atom stereocenters. The average molecular weight is 303 g/mol. The minimum Gasteiger partial charge on any atom is -0.325 e. The zero-order valence-electron chi connectivity index (χ0n) is 12.5. The normalized spacial score (nSPS) is 26.0. The maximum atomic E-state index is 12.5. The van der Waals surface area contributed by atoms with E-state index in [1.54, 1.807) is 0 Å². The molecule has 112 valence electrons. The molecule has 2 aromatic rings. The molecule has 0 aliphatic heterocycles. The molecule has 1 amide bonds. The largest absolute Gasteiger partial charge is 0.325 e. The lowest BCUT2D eigenvalue weighted by Gasteiger charge is -2.36. The first-order valence-electron chi connectivity index (χ1n) is 7.43. The highest BCUT2D eigenvalue weighted by atomic mass is 32.1. The highest BCUT2D eigenvalue weighted by molar-refractivity contribution is 7.22. The van der Waals surface area contributed by atoms with Crippen molar-refractivity contribution >= 4 is 32.6 Å². The molecular weight excluding hydrogens is 282 g/mol. The van der Waals surface area contributed by atoms with Crippen LogP contribution >= 0.6 is 11.3 Å². The third kappa shape index (κ3) is 2.94. The molecule has 1 heterocycles. The summed E-state index contributed by atoms with van der Waals surface area (Å²) in [6.07, 6.45) is 3.95. The van der Waals surface area contributed by atoms with E-state index in [9.17, 15) is 4.79 Å². The number of nitrogens with one attached hydrogen (secondary N) is 1.